The van der Waals surface area contributed by atoms with Gasteiger partial charge in [-0.2, -0.15) is 0 Å². The molecule has 9 heteroatoms. The topological polar surface area (TPSA) is 99.1 Å². The monoisotopic (exact) mass is 490 g/mol. The Morgan fingerprint density at radius 3 is 2.53 bits per heavy atom. The fraction of sp³-hybridized carbons (Fsp3) is 0.560. The summed E-state index contributed by atoms with van der Waals surface area (Å²) in [5.74, 6) is 0.666. The molecule has 1 unspecified atom stereocenters. The van der Waals surface area contributed by atoms with Crippen molar-refractivity contribution < 1.29 is 9.18 Å². The number of amidine groups is 1. The van der Waals surface area contributed by atoms with Crippen molar-refractivity contribution in [1.29, 1.82) is 10.8 Å². The zero-order chi connectivity index (χ0) is 24.9. The molecule has 0 spiro atoms. The number of carbonyl (C=O) groups excluding carboxylic acids is 1. The van der Waals surface area contributed by atoms with Crippen LogP contribution >= 0.6 is 11.8 Å². The molecule has 188 valence electrons. The molecule has 7 nitrogen and oxygen atoms in total. The van der Waals surface area contributed by atoms with Crippen molar-refractivity contribution in [3.05, 3.63) is 36.0 Å². The molecular formula is C25H39FN6OS. The summed E-state index contributed by atoms with van der Waals surface area (Å²) >= 11 is 1.18. The number of nitrogens with zero attached hydrogens (tertiary/aromatic N) is 2. The number of alkyl halides is 1. The van der Waals surface area contributed by atoms with Gasteiger partial charge in [-0.05, 0) is 55.5 Å². The average molecular weight is 491 g/mol. The number of benzene rings is 1. The van der Waals surface area contributed by atoms with Crippen LogP contribution in [0.1, 0.15) is 39.2 Å². The molecule has 1 saturated heterocycles. The van der Waals surface area contributed by atoms with Gasteiger partial charge in [-0.15, -0.1) is 0 Å². The Labute approximate surface area is 206 Å². The summed E-state index contributed by atoms with van der Waals surface area (Å²) in [4.78, 5) is 18.0. The first-order valence-corrected chi connectivity index (χ1v) is 12.7. The molecule has 0 aliphatic carbocycles. The highest BCUT2D eigenvalue weighted by molar-refractivity contribution is 8.26. The van der Waals surface area contributed by atoms with Gasteiger partial charge in [0, 0.05) is 55.9 Å². The molecular weight excluding hydrogens is 451 g/mol. The molecule has 34 heavy (non-hydrogen) atoms. The average Bonchev–Trinajstić information content (AvgIpc) is 3.21. The summed E-state index contributed by atoms with van der Waals surface area (Å²) in [6.45, 7) is 9.45. The number of fused-ring (bicyclic) bond motifs is 1. The lowest BCUT2D eigenvalue weighted by Gasteiger charge is -2.35. The lowest BCUT2D eigenvalue weighted by molar-refractivity contribution is -0.110. The Kier molecular flexibility index (Phi) is 12.1. The van der Waals surface area contributed by atoms with Gasteiger partial charge < -0.3 is 15.2 Å². The minimum Gasteiger partial charge on any atom is -0.361 e. The van der Waals surface area contributed by atoms with E-state index in [0.717, 1.165) is 57.4 Å². The number of amides is 1. The molecule has 1 aromatic carbocycles. The smallest absolute Gasteiger partial charge is 0.207 e. The number of nitrogens with one attached hydrogen (secondary N) is 4. The lowest BCUT2D eigenvalue weighted by Crippen LogP contribution is -2.48. The minimum absolute atomic E-state index is 0.221. The molecule has 1 atom stereocenters. The SMILES string of the molecule is CC(=N)SC(=N)N1CCN(CCF)CC1.CC(C)CCC(Cc1c[nH]c2ccccc12)NC=O. The molecule has 0 radical (unpaired) electrons. The van der Waals surface area contributed by atoms with Crippen LogP contribution in [0.3, 0.4) is 0 Å². The Morgan fingerprint density at radius 2 is 1.91 bits per heavy atom. The van der Waals surface area contributed by atoms with Crippen molar-refractivity contribution in [1.82, 2.24) is 20.1 Å². The van der Waals surface area contributed by atoms with Crippen LogP contribution in [-0.4, -0.2) is 76.8 Å². The van der Waals surface area contributed by atoms with E-state index in [1.54, 1.807) is 6.92 Å². The van der Waals surface area contributed by atoms with Crippen LogP contribution in [0.4, 0.5) is 4.39 Å². The molecule has 2 heterocycles. The van der Waals surface area contributed by atoms with Crippen molar-refractivity contribution >= 4 is 39.3 Å². The number of piperazine rings is 1. The van der Waals surface area contributed by atoms with E-state index in [1.165, 1.54) is 22.7 Å². The summed E-state index contributed by atoms with van der Waals surface area (Å²) in [7, 11) is 0. The van der Waals surface area contributed by atoms with E-state index in [2.05, 4.69) is 53.4 Å². The van der Waals surface area contributed by atoms with Gasteiger partial charge in [-0.3, -0.25) is 20.5 Å². The first kappa shape index (κ1) is 27.9. The normalized spacial score (nSPS) is 15.0. The molecule has 0 saturated carbocycles. The number of hydrogen-bond donors (Lipinski definition) is 4. The van der Waals surface area contributed by atoms with Crippen LogP contribution in [0.15, 0.2) is 30.5 Å². The van der Waals surface area contributed by atoms with E-state index in [0.29, 0.717) is 22.7 Å². The standard InChI is InChI=1S/C16H22N2O.C9H17FN4S/c1-12(2)7-8-14(18-11-19)9-13-10-17-16-6-4-3-5-15(13)16;1-8(11)15-9(12)14-6-4-13(3-2-10)5-7-14/h3-6,10-12,14,17H,7-9H2,1-2H3,(H,18,19);11-12H,2-7H2,1H3. The Hall–Kier alpha value is -2.39. The summed E-state index contributed by atoms with van der Waals surface area (Å²) in [5, 5.41) is 20.1. The zero-order valence-electron chi connectivity index (χ0n) is 20.6. The molecule has 0 bridgehead atoms. The number of carbonyl (C=O) groups is 1. The molecule has 2 aromatic rings. The first-order chi connectivity index (χ1) is 16.3. The number of para-hydroxylation sites is 1. The fourth-order valence-corrected chi connectivity index (χ4v) is 4.55. The second-order valence-electron chi connectivity index (χ2n) is 9.00. The summed E-state index contributed by atoms with van der Waals surface area (Å²) in [6, 6.07) is 8.51. The van der Waals surface area contributed by atoms with Crippen molar-refractivity contribution in [3.8, 4) is 0 Å². The van der Waals surface area contributed by atoms with Gasteiger partial charge in [0.2, 0.25) is 6.41 Å². The lowest BCUT2D eigenvalue weighted by atomic mass is 9.98. The third-order valence-corrected chi connectivity index (χ3v) is 6.61. The third-order valence-electron chi connectivity index (χ3n) is 5.85. The van der Waals surface area contributed by atoms with Gasteiger partial charge >= 0.3 is 0 Å². The number of thioether (sulfide) groups is 1. The van der Waals surface area contributed by atoms with Crippen LogP contribution in [0.25, 0.3) is 10.9 Å². The maximum atomic E-state index is 12.1. The predicted octanol–water partition coefficient (Wildman–Crippen LogP) is 4.50. The molecule has 1 aromatic heterocycles. The zero-order valence-corrected chi connectivity index (χ0v) is 21.4. The highest BCUT2D eigenvalue weighted by Crippen LogP contribution is 2.20. The second kappa shape index (κ2) is 14.8. The third kappa shape index (κ3) is 9.46. The predicted molar refractivity (Wildman–Crippen MR) is 142 cm³/mol. The van der Waals surface area contributed by atoms with Crippen LogP contribution in [-0.2, 0) is 11.2 Å². The van der Waals surface area contributed by atoms with Gasteiger partial charge in [-0.25, -0.2) is 4.39 Å². The van der Waals surface area contributed by atoms with Crippen molar-refractivity contribution in [2.24, 2.45) is 5.92 Å². The van der Waals surface area contributed by atoms with Crippen LogP contribution in [0.5, 0.6) is 0 Å². The largest absolute Gasteiger partial charge is 0.361 e. The summed E-state index contributed by atoms with van der Waals surface area (Å²) < 4.78 is 12.1. The second-order valence-corrected chi connectivity index (χ2v) is 10.2. The van der Waals surface area contributed by atoms with Crippen LogP contribution < -0.4 is 5.32 Å². The van der Waals surface area contributed by atoms with E-state index >= 15 is 0 Å². The highest BCUT2D eigenvalue weighted by atomic mass is 32.2. The molecule has 1 fully saturated rings. The van der Waals surface area contributed by atoms with Gasteiger partial charge in [0.25, 0.3) is 0 Å². The maximum Gasteiger partial charge on any atom is 0.207 e. The molecule has 1 amide bonds. The van der Waals surface area contributed by atoms with Crippen molar-refractivity contribution in [3.63, 3.8) is 0 Å². The van der Waals surface area contributed by atoms with Gasteiger partial charge in [0.05, 0.1) is 5.04 Å². The molecule has 4 N–H and O–H groups in total. The Morgan fingerprint density at radius 1 is 1.21 bits per heavy atom. The number of hydrogen-bond acceptors (Lipinski definition) is 5. The van der Waals surface area contributed by atoms with Crippen molar-refractivity contribution in [2.75, 3.05) is 39.4 Å². The van der Waals surface area contributed by atoms with Crippen molar-refractivity contribution in [2.45, 2.75) is 46.1 Å². The number of halogens is 1. The number of rotatable bonds is 9. The number of aromatic nitrogens is 1. The van der Waals surface area contributed by atoms with Gasteiger partial charge in [0.15, 0.2) is 5.17 Å². The van der Waals surface area contributed by atoms with E-state index in [9.17, 15) is 9.18 Å². The highest BCUT2D eigenvalue weighted by Gasteiger charge is 2.19. The fourth-order valence-electron chi connectivity index (χ4n) is 3.94. The maximum absolute atomic E-state index is 12.1. The molecule has 1 aliphatic rings. The minimum atomic E-state index is -0.300. The van der Waals surface area contributed by atoms with Gasteiger partial charge in [-0.1, -0.05) is 32.0 Å². The summed E-state index contributed by atoms with van der Waals surface area (Å²) in [6.07, 6.45) is 5.92. The Balaban J connectivity index is 0.000000248. The van der Waals surface area contributed by atoms with E-state index in [-0.39, 0.29) is 12.7 Å². The summed E-state index contributed by atoms with van der Waals surface area (Å²) in [5.41, 5.74) is 2.44. The quantitative estimate of drug-likeness (QED) is 0.236. The number of aromatic amines is 1. The van der Waals surface area contributed by atoms with E-state index in [1.807, 2.05) is 11.0 Å². The van der Waals surface area contributed by atoms with E-state index < -0.39 is 0 Å². The molecule has 1 aliphatic heterocycles. The molecule has 3 rings (SSSR count). The van der Waals surface area contributed by atoms with Crippen LogP contribution in [0.2, 0.25) is 0 Å². The van der Waals surface area contributed by atoms with Crippen LogP contribution in [0, 0.1) is 16.7 Å². The van der Waals surface area contributed by atoms with Gasteiger partial charge in [0.1, 0.15) is 6.67 Å². The first-order valence-electron chi connectivity index (χ1n) is 11.9. The number of H-pyrrole nitrogens is 1. The van der Waals surface area contributed by atoms with E-state index in [4.69, 9.17) is 10.8 Å². The Bertz CT molecular complexity index is 910.